The van der Waals surface area contributed by atoms with Gasteiger partial charge in [-0.15, -0.1) is 0 Å². The SMILES string of the molecule is C=C1C(=O)OC2C1CC1OC(C)(CCCC1C)C2O. The van der Waals surface area contributed by atoms with Crippen LogP contribution in [0.2, 0.25) is 0 Å². The van der Waals surface area contributed by atoms with Crippen molar-refractivity contribution in [3.63, 3.8) is 0 Å². The predicted octanol–water partition coefficient (Wildman–Crippen LogP) is 1.81. The monoisotopic (exact) mass is 266 g/mol. The molecule has 1 N–H and O–H groups in total. The van der Waals surface area contributed by atoms with E-state index in [-0.39, 0.29) is 18.0 Å². The van der Waals surface area contributed by atoms with Crippen LogP contribution in [-0.4, -0.2) is 35.0 Å². The fraction of sp³-hybridized carbons (Fsp3) is 0.800. The summed E-state index contributed by atoms with van der Waals surface area (Å²) in [6, 6.07) is 0. The van der Waals surface area contributed by atoms with E-state index in [0.29, 0.717) is 11.5 Å². The van der Waals surface area contributed by atoms with Gasteiger partial charge in [-0.3, -0.25) is 0 Å². The molecule has 3 saturated heterocycles. The highest BCUT2D eigenvalue weighted by atomic mass is 16.6. The molecule has 4 heteroatoms. The molecule has 6 atom stereocenters. The van der Waals surface area contributed by atoms with Crippen LogP contribution in [0.4, 0.5) is 0 Å². The number of hydrogen-bond donors (Lipinski definition) is 1. The quantitative estimate of drug-likeness (QED) is 0.536. The summed E-state index contributed by atoms with van der Waals surface area (Å²) in [6.07, 6.45) is 2.49. The lowest BCUT2D eigenvalue weighted by molar-refractivity contribution is -0.173. The maximum atomic E-state index is 11.7. The number of aliphatic hydroxyl groups is 1. The minimum absolute atomic E-state index is 0.0726. The number of fused-ring (bicyclic) bond motifs is 3. The van der Waals surface area contributed by atoms with Crippen LogP contribution in [-0.2, 0) is 14.3 Å². The molecule has 0 spiro atoms. The number of carbonyl (C=O) groups is 1. The van der Waals surface area contributed by atoms with E-state index in [1.807, 2.05) is 6.92 Å². The Morgan fingerprint density at radius 1 is 1.47 bits per heavy atom. The van der Waals surface area contributed by atoms with E-state index in [1.165, 1.54) is 0 Å². The molecule has 2 bridgehead atoms. The standard InChI is InChI=1S/C15H22O4/c1-8-5-4-6-15(3)13(16)12-10(7-11(8)19-15)9(2)14(17)18-12/h8,10-13,16H,2,4-7H2,1,3H3. The Hall–Kier alpha value is -0.870. The molecule has 19 heavy (non-hydrogen) atoms. The molecule has 0 amide bonds. The molecular weight excluding hydrogens is 244 g/mol. The van der Waals surface area contributed by atoms with E-state index in [2.05, 4.69) is 13.5 Å². The number of aliphatic hydroxyl groups excluding tert-OH is 1. The molecule has 0 aliphatic carbocycles. The Morgan fingerprint density at radius 2 is 2.21 bits per heavy atom. The smallest absolute Gasteiger partial charge is 0.334 e. The molecule has 0 aromatic carbocycles. The van der Waals surface area contributed by atoms with Crippen molar-refractivity contribution in [2.75, 3.05) is 0 Å². The average molecular weight is 266 g/mol. The molecule has 0 aromatic heterocycles. The molecule has 3 rings (SSSR count). The van der Waals surface area contributed by atoms with Crippen molar-refractivity contribution >= 4 is 5.97 Å². The molecule has 0 saturated carbocycles. The van der Waals surface area contributed by atoms with E-state index in [1.54, 1.807) is 0 Å². The molecule has 3 aliphatic rings. The van der Waals surface area contributed by atoms with Gasteiger partial charge in [-0.05, 0) is 32.1 Å². The second-order valence-corrected chi connectivity index (χ2v) is 6.52. The van der Waals surface area contributed by atoms with Crippen LogP contribution in [0.5, 0.6) is 0 Å². The topological polar surface area (TPSA) is 55.8 Å². The van der Waals surface area contributed by atoms with Crippen molar-refractivity contribution < 1.29 is 19.4 Å². The molecule has 0 radical (unpaired) electrons. The van der Waals surface area contributed by atoms with Gasteiger partial charge in [0.1, 0.15) is 12.2 Å². The zero-order chi connectivity index (χ0) is 13.8. The highest BCUT2D eigenvalue weighted by Gasteiger charge is 2.54. The first-order valence-electron chi connectivity index (χ1n) is 7.18. The molecule has 3 fully saturated rings. The van der Waals surface area contributed by atoms with Crippen LogP contribution in [0.25, 0.3) is 0 Å². The molecule has 3 heterocycles. The van der Waals surface area contributed by atoms with Crippen LogP contribution < -0.4 is 0 Å². The normalized spacial score (nSPS) is 50.2. The van der Waals surface area contributed by atoms with Gasteiger partial charge in [-0.25, -0.2) is 4.79 Å². The summed E-state index contributed by atoms with van der Waals surface area (Å²) in [5.74, 6) is -0.0184. The summed E-state index contributed by atoms with van der Waals surface area (Å²) >= 11 is 0. The van der Waals surface area contributed by atoms with Crippen molar-refractivity contribution in [1.29, 1.82) is 0 Å². The molecule has 0 aromatic rings. The minimum atomic E-state index is -0.768. The maximum Gasteiger partial charge on any atom is 0.334 e. The highest BCUT2D eigenvalue weighted by Crippen LogP contribution is 2.45. The first-order chi connectivity index (χ1) is 8.92. The number of ether oxygens (including phenoxy) is 2. The van der Waals surface area contributed by atoms with Crippen LogP contribution in [0.15, 0.2) is 12.2 Å². The van der Waals surface area contributed by atoms with Crippen molar-refractivity contribution in [1.82, 2.24) is 0 Å². The zero-order valence-electron chi connectivity index (χ0n) is 11.6. The zero-order valence-corrected chi connectivity index (χ0v) is 11.6. The third kappa shape index (κ3) is 1.93. The van der Waals surface area contributed by atoms with E-state index in [9.17, 15) is 9.90 Å². The Kier molecular flexibility index (Phi) is 2.98. The average Bonchev–Trinajstić information content (AvgIpc) is 2.49. The van der Waals surface area contributed by atoms with Crippen molar-refractivity contribution in [2.24, 2.45) is 11.8 Å². The van der Waals surface area contributed by atoms with Gasteiger partial charge in [0.05, 0.1) is 11.7 Å². The lowest BCUT2D eigenvalue weighted by Gasteiger charge is -2.36. The van der Waals surface area contributed by atoms with Gasteiger partial charge in [0, 0.05) is 11.5 Å². The van der Waals surface area contributed by atoms with Crippen LogP contribution in [0.3, 0.4) is 0 Å². The largest absolute Gasteiger partial charge is 0.455 e. The van der Waals surface area contributed by atoms with Crippen molar-refractivity contribution in [3.05, 3.63) is 12.2 Å². The van der Waals surface area contributed by atoms with Crippen molar-refractivity contribution in [3.8, 4) is 0 Å². The fourth-order valence-corrected chi connectivity index (χ4v) is 3.77. The number of rotatable bonds is 0. The second-order valence-electron chi connectivity index (χ2n) is 6.52. The Balaban J connectivity index is 1.99. The van der Waals surface area contributed by atoms with Crippen LogP contribution in [0.1, 0.15) is 39.5 Å². The second kappa shape index (κ2) is 4.32. The summed E-state index contributed by atoms with van der Waals surface area (Å²) in [5.41, 5.74) is -0.116. The predicted molar refractivity (Wildman–Crippen MR) is 69.4 cm³/mol. The lowest BCUT2D eigenvalue weighted by Crippen LogP contribution is -2.49. The molecule has 3 aliphatic heterocycles. The van der Waals surface area contributed by atoms with E-state index >= 15 is 0 Å². The molecular formula is C15H22O4. The van der Waals surface area contributed by atoms with Gasteiger partial charge in [-0.2, -0.15) is 0 Å². The number of carbonyl (C=O) groups excluding carboxylic acids is 1. The van der Waals surface area contributed by atoms with E-state index in [4.69, 9.17) is 9.47 Å². The highest BCUT2D eigenvalue weighted by molar-refractivity contribution is 5.90. The maximum absolute atomic E-state index is 11.7. The molecule has 106 valence electrons. The van der Waals surface area contributed by atoms with Gasteiger partial charge in [0.25, 0.3) is 0 Å². The number of esters is 1. The number of hydrogen-bond acceptors (Lipinski definition) is 4. The summed E-state index contributed by atoms with van der Waals surface area (Å²) in [4.78, 5) is 11.7. The lowest BCUT2D eigenvalue weighted by atomic mass is 9.80. The first-order valence-corrected chi connectivity index (χ1v) is 7.18. The Bertz CT molecular complexity index is 418. The Labute approximate surface area is 113 Å². The van der Waals surface area contributed by atoms with Gasteiger partial charge in [-0.1, -0.05) is 19.9 Å². The molecule has 6 unspecified atom stereocenters. The van der Waals surface area contributed by atoms with Crippen molar-refractivity contribution in [2.45, 2.75) is 63.4 Å². The third-order valence-corrected chi connectivity index (χ3v) is 5.16. The summed E-state index contributed by atoms with van der Waals surface area (Å²) in [6.45, 7) is 7.97. The van der Waals surface area contributed by atoms with Gasteiger partial charge in [0.15, 0.2) is 0 Å². The summed E-state index contributed by atoms with van der Waals surface area (Å²) < 4.78 is 11.6. The van der Waals surface area contributed by atoms with Gasteiger partial charge in [0.2, 0.25) is 0 Å². The summed E-state index contributed by atoms with van der Waals surface area (Å²) in [7, 11) is 0. The molecule has 4 nitrogen and oxygen atoms in total. The first kappa shape index (κ1) is 13.1. The third-order valence-electron chi connectivity index (χ3n) is 5.16. The van der Waals surface area contributed by atoms with Crippen LogP contribution >= 0.6 is 0 Å². The minimum Gasteiger partial charge on any atom is -0.455 e. The Morgan fingerprint density at radius 3 is 2.95 bits per heavy atom. The van der Waals surface area contributed by atoms with Gasteiger partial charge >= 0.3 is 5.97 Å². The van der Waals surface area contributed by atoms with Crippen LogP contribution in [0, 0.1) is 11.8 Å². The van der Waals surface area contributed by atoms with Gasteiger partial charge < -0.3 is 14.6 Å². The van der Waals surface area contributed by atoms with E-state index < -0.39 is 17.8 Å². The summed E-state index contributed by atoms with van der Waals surface area (Å²) in [5, 5.41) is 10.6. The van der Waals surface area contributed by atoms with E-state index in [0.717, 1.165) is 25.7 Å². The fourth-order valence-electron chi connectivity index (χ4n) is 3.77.